The predicted molar refractivity (Wildman–Crippen MR) is 70.5 cm³/mol. The molecule has 2 heterocycles. The predicted octanol–water partition coefficient (Wildman–Crippen LogP) is 2.40. The number of rotatable bonds is 2. The molecule has 0 aliphatic carbocycles. The smallest absolute Gasteiger partial charge is 0.263 e. The standard InChI is InChI=1S/C14H11N3O2/c1-9-4-2-5-10(8-9)12-16-14(19-17-12)11-6-3-7-15-13(11)18/h2-8H,1H3,(H,15,18). The molecule has 0 bridgehead atoms. The number of nitrogens with zero attached hydrogens (tertiary/aromatic N) is 2. The molecule has 0 saturated heterocycles. The summed E-state index contributed by atoms with van der Waals surface area (Å²) in [7, 11) is 0. The number of benzene rings is 1. The van der Waals surface area contributed by atoms with Gasteiger partial charge in [-0.1, -0.05) is 28.9 Å². The van der Waals surface area contributed by atoms with Crippen LogP contribution in [-0.4, -0.2) is 15.1 Å². The summed E-state index contributed by atoms with van der Waals surface area (Å²) in [5.41, 5.74) is 2.10. The number of hydrogen-bond acceptors (Lipinski definition) is 4. The van der Waals surface area contributed by atoms with E-state index in [1.165, 1.54) is 0 Å². The van der Waals surface area contributed by atoms with Crippen LogP contribution in [0.2, 0.25) is 0 Å². The van der Waals surface area contributed by atoms with Crippen molar-refractivity contribution in [2.24, 2.45) is 0 Å². The Labute approximate surface area is 108 Å². The van der Waals surface area contributed by atoms with E-state index in [0.29, 0.717) is 11.4 Å². The lowest BCUT2D eigenvalue weighted by atomic mass is 10.1. The highest BCUT2D eigenvalue weighted by Gasteiger charge is 2.12. The van der Waals surface area contributed by atoms with E-state index in [0.717, 1.165) is 11.1 Å². The van der Waals surface area contributed by atoms with Crippen molar-refractivity contribution in [3.8, 4) is 22.8 Å². The maximum atomic E-state index is 11.6. The van der Waals surface area contributed by atoms with Crippen LogP contribution in [0.3, 0.4) is 0 Å². The van der Waals surface area contributed by atoms with E-state index >= 15 is 0 Å². The molecule has 3 aromatic rings. The average Bonchev–Trinajstić information content (AvgIpc) is 2.89. The molecule has 0 unspecified atom stereocenters. The Kier molecular flexibility index (Phi) is 2.72. The summed E-state index contributed by atoms with van der Waals surface area (Å²) >= 11 is 0. The minimum Gasteiger partial charge on any atom is -0.333 e. The molecule has 0 amide bonds. The van der Waals surface area contributed by atoms with Crippen LogP contribution >= 0.6 is 0 Å². The van der Waals surface area contributed by atoms with Gasteiger partial charge >= 0.3 is 0 Å². The molecule has 0 radical (unpaired) electrons. The van der Waals surface area contributed by atoms with Gasteiger partial charge in [-0.15, -0.1) is 0 Å². The van der Waals surface area contributed by atoms with E-state index in [1.807, 2.05) is 31.2 Å². The zero-order valence-corrected chi connectivity index (χ0v) is 10.3. The van der Waals surface area contributed by atoms with Crippen molar-refractivity contribution in [3.63, 3.8) is 0 Å². The lowest BCUT2D eigenvalue weighted by Crippen LogP contribution is -2.06. The number of H-pyrrole nitrogens is 1. The lowest BCUT2D eigenvalue weighted by Gasteiger charge is -1.95. The highest BCUT2D eigenvalue weighted by molar-refractivity contribution is 5.59. The van der Waals surface area contributed by atoms with Crippen LogP contribution in [0.5, 0.6) is 0 Å². The zero-order valence-electron chi connectivity index (χ0n) is 10.3. The van der Waals surface area contributed by atoms with Gasteiger partial charge < -0.3 is 9.51 Å². The molecule has 0 spiro atoms. The Bertz CT molecular complexity index is 774. The van der Waals surface area contributed by atoms with E-state index in [1.54, 1.807) is 18.3 Å². The number of pyridine rings is 1. The summed E-state index contributed by atoms with van der Waals surface area (Å²) in [6.07, 6.45) is 1.56. The van der Waals surface area contributed by atoms with Crippen molar-refractivity contribution in [1.29, 1.82) is 0 Å². The van der Waals surface area contributed by atoms with E-state index in [4.69, 9.17) is 4.52 Å². The monoisotopic (exact) mass is 253 g/mol. The van der Waals surface area contributed by atoms with Gasteiger partial charge in [0.05, 0.1) is 0 Å². The van der Waals surface area contributed by atoms with E-state index in [-0.39, 0.29) is 11.4 Å². The first-order chi connectivity index (χ1) is 9.24. The second-order valence-electron chi connectivity index (χ2n) is 4.21. The van der Waals surface area contributed by atoms with E-state index < -0.39 is 0 Å². The third kappa shape index (κ3) is 2.18. The Morgan fingerprint density at radius 1 is 1.21 bits per heavy atom. The minimum absolute atomic E-state index is 0.221. The van der Waals surface area contributed by atoms with Crippen LogP contribution in [-0.2, 0) is 0 Å². The molecule has 2 aromatic heterocycles. The SMILES string of the molecule is Cc1cccc(-c2noc(-c3ccc[nH]c3=O)n2)c1. The second-order valence-corrected chi connectivity index (χ2v) is 4.21. The number of nitrogens with one attached hydrogen (secondary N) is 1. The molecule has 3 rings (SSSR count). The Balaban J connectivity index is 2.05. The van der Waals surface area contributed by atoms with Crippen LogP contribution in [0, 0.1) is 6.92 Å². The van der Waals surface area contributed by atoms with Crippen LogP contribution < -0.4 is 5.56 Å². The third-order valence-corrected chi connectivity index (χ3v) is 2.75. The van der Waals surface area contributed by atoms with E-state index in [2.05, 4.69) is 15.1 Å². The highest BCUT2D eigenvalue weighted by atomic mass is 16.5. The molecule has 0 aliphatic heterocycles. The van der Waals surface area contributed by atoms with Gasteiger partial charge in [-0.3, -0.25) is 4.79 Å². The van der Waals surface area contributed by atoms with Crippen LogP contribution in [0.25, 0.3) is 22.8 Å². The normalized spacial score (nSPS) is 10.6. The Hall–Kier alpha value is -2.69. The summed E-state index contributed by atoms with van der Waals surface area (Å²) in [4.78, 5) is 18.5. The molecule has 0 saturated carbocycles. The molecule has 5 nitrogen and oxygen atoms in total. The average molecular weight is 253 g/mol. The van der Waals surface area contributed by atoms with Crippen molar-refractivity contribution >= 4 is 0 Å². The van der Waals surface area contributed by atoms with Gasteiger partial charge in [0.25, 0.3) is 11.4 Å². The minimum atomic E-state index is -0.248. The van der Waals surface area contributed by atoms with Gasteiger partial charge in [-0.05, 0) is 25.1 Å². The molecular weight excluding hydrogens is 242 g/mol. The molecule has 1 N–H and O–H groups in total. The molecule has 5 heteroatoms. The second kappa shape index (κ2) is 4.53. The molecule has 19 heavy (non-hydrogen) atoms. The third-order valence-electron chi connectivity index (χ3n) is 2.75. The lowest BCUT2D eigenvalue weighted by molar-refractivity contribution is 0.432. The molecule has 0 fully saturated rings. The van der Waals surface area contributed by atoms with Gasteiger partial charge in [0.15, 0.2) is 0 Å². The highest BCUT2D eigenvalue weighted by Crippen LogP contribution is 2.20. The number of aromatic nitrogens is 3. The first-order valence-corrected chi connectivity index (χ1v) is 5.83. The Morgan fingerprint density at radius 2 is 2.11 bits per heavy atom. The zero-order chi connectivity index (χ0) is 13.2. The van der Waals surface area contributed by atoms with Crippen LogP contribution in [0.15, 0.2) is 51.9 Å². The molecule has 94 valence electrons. The maximum Gasteiger partial charge on any atom is 0.263 e. The number of hydrogen-bond donors (Lipinski definition) is 1. The number of aryl methyl sites for hydroxylation is 1. The van der Waals surface area contributed by atoms with E-state index in [9.17, 15) is 4.79 Å². The Morgan fingerprint density at radius 3 is 2.89 bits per heavy atom. The van der Waals surface area contributed by atoms with Crippen molar-refractivity contribution in [3.05, 3.63) is 58.5 Å². The largest absolute Gasteiger partial charge is 0.333 e. The van der Waals surface area contributed by atoms with Crippen molar-refractivity contribution in [1.82, 2.24) is 15.1 Å². The van der Waals surface area contributed by atoms with Crippen molar-refractivity contribution in [2.45, 2.75) is 6.92 Å². The van der Waals surface area contributed by atoms with Gasteiger partial charge in [0.1, 0.15) is 5.56 Å². The molecular formula is C14H11N3O2. The number of aromatic amines is 1. The van der Waals surface area contributed by atoms with Gasteiger partial charge in [-0.25, -0.2) is 0 Å². The van der Waals surface area contributed by atoms with Crippen molar-refractivity contribution < 1.29 is 4.52 Å². The summed E-state index contributed by atoms with van der Waals surface area (Å²) in [6, 6.07) is 11.1. The fourth-order valence-electron chi connectivity index (χ4n) is 1.82. The maximum absolute atomic E-state index is 11.6. The quantitative estimate of drug-likeness (QED) is 0.761. The topological polar surface area (TPSA) is 71.8 Å². The summed E-state index contributed by atoms with van der Waals surface area (Å²) in [5.74, 6) is 0.695. The fourth-order valence-corrected chi connectivity index (χ4v) is 1.82. The molecule has 0 atom stereocenters. The van der Waals surface area contributed by atoms with Gasteiger partial charge in [0.2, 0.25) is 5.82 Å². The summed E-state index contributed by atoms with van der Waals surface area (Å²) in [6.45, 7) is 1.99. The van der Waals surface area contributed by atoms with Crippen LogP contribution in [0.1, 0.15) is 5.56 Å². The summed E-state index contributed by atoms with van der Waals surface area (Å²) < 4.78 is 5.14. The first-order valence-electron chi connectivity index (χ1n) is 5.83. The molecule has 0 aliphatic rings. The first kappa shape index (κ1) is 11.4. The molecule has 1 aromatic carbocycles. The van der Waals surface area contributed by atoms with Crippen LogP contribution in [0.4, 0.5) is 0 Å². The summed E-state index contributed by atoms with van der Waals surface area (Å²) in [5, 5.41) is 3.91. The van der Waals surface area contributed by atoms with Gasteiger partial charge in [-0.2, -0.15) is 4.98 Å². The fraction of sp³-hybridized carbons (Fsp3) is 0.0714. The van der Waals surface area contributed by atoms with Gasteiger partial charge in [0, 0.05) is 11.8 Å². The van der Waals surface area contributed by atoms with Crippen molar-refractivity contribution in [2.75, 3.05) is 0 Å².